The molecule has 47 heavy (non-hydrogen) atoms. The smallest absolute Gasteiger partial charge is 0.305 e. The average Bonchev–Trinajstić information content (AvgIpc) is 3.01. The van der Waals surface area contributed by atoms with E-state index in [9.17, 15) is 4.79 Å². The highest BCUT2D eigenvalue weighted by Gasteiger charge is 2.20. The van der Waals surface area contributed by atoms with Gasteiger partial charge in [0, 0.05) is 38.6 Å². The van der Waals surface area contributed by atoms with Crippen molar-refractivity contribution in [1.29, 1.82) is 0 Å². The minimum Gasteiger partial charge on any atom is -0.466 e. The molecule has 2 unspecified atom stereocenters. The standard InChI is InChI=1S/C40H73NO6/c1-33(2)19-21-37(35(5)6)31-46-40(47-32-38(36(7)8)22-20-34(3)4)24-23-39(43)45-30-18-11-10-13-25-41(27-15-16-28-42)26-14-12-17-29-44-9/h37-38,40,42H,1,3,5,7,10-32H2,2,4,6,8-9H3. The molecule has 0 saturated carbocycles. The van der Waals surface area contributed by atoms with Crippen LogP contribution >= 0.6 is 0 Å². The van der Waals surface area contributed by atoms with Gasteiger partial charge in [0.15, 0.2) is 6.29 Å². The van der Waals surface area contributed by atoms with E-state index in [-0.39, 0.29) is 30.8 Å². The molecule has 7 heteroatoms. The number of unbranched alkanes of at least 4 members (excludes halogenated alkanes) is 6. The van der Waals surface area contributed by atoms with E-state index in [0.29, 0.717) is 26.2 Å². The van der Waals surface area contributed by atoms with E-state index in [1.165, 1.54) is 12.8 Å². The average molecular weight is 664 g/mol. The van der Waals surface area contributed by atoms with Gasteiger partial charge in [-0.1, -0.05) is 48.3 Å². The van der Waals surface area contributed by atoms with Gasteiger partial charge < -0.3 is 29.0 Å². The summed E-state index contributed by atoms with van der Waals surface area (Å²) in [6.07, 6.45) is 13.5. The van der Waals surface area contributed by atoms with Crippen LogP contribution < -0.4 is 0 Å². The van der Waals surface area contributed by atoms with Gasteiger partial charge in [-0.05, 0) is 118 Å². The second-order valence-corrected chi connectivity index (χ2v) is 13.7. The van der Waals surface area contributed by atoms with Crippen LogP contribution in [0.4, 0.5) is 0 Å². The number of esters is 1. The van der Waals surface area contributed by atoms with Crippen molar-refractivity contribution in [2.45, 2.75) is 130 Å². The molecule has 0 saturated heterocycles. The third kappa shape index (κ3) is 27.8. The fourth-order valence-corrected chi connectivity index (χ4v) is 5.27. The van der Waals surface area contributed by atoms with Crippen molar-refractivity contribution in [3.63, 3.8) is 0 Å². The molecule has 0 fully saturated rings. The van der Waals surface area contributed by atoms with Crippen LogP contribution in [-0.4, -0.2) is 82.0 Å². The Kier molecular flexibility index (Phi) is 29.2. The van der Waals surface area contributed by atoms with Crippen molar-refractivity contribution >= 4 is 5.97 Å². The van der Waals surface area contributed by atoms with E-state index in [4.69, 9.17) is 24.1 Å². The molecule has 0 bridgehead atoms. The normalized spacial score (nSPS) is 13.3. The van der Waals surface area contributed by atoms with E-state index in [1.807, 2.05) is 27.7 Å². The molecular weight excluding hydrogens is 590 g/mol. The lowest BCUT2D eigenvalue weighted by molar-refractivity contribution is -0.165. The fraction of sp³-hybridized carbons (Fsp3) is 0.775. The lowest BCUT2D eigenvalue weighted by Crippen LogP contribution is -2.27. The Hall–Kier alpha value is -1.77. The summed E-state index contributed by atoms with van der Waals surface area (Å²) in [6.45, 7) is 30.3. The Bertz CT molecular complexity index is 816. The monoisotopic (exact) mass is 664 g/mol. The maximum Gasteiger partial charge on any atom is 0.305 e. The number of aliphatic hydroxyl groups excluding tert-OH is 1. The molecule has 0 aliphatic heterocycles. The fourth-order valence-electron chi connectivity index (χ4n) is 5.27. The zero-order valence-corrected chi connectivity index (χ0v) is 31.3. The largest absolute Gasteiger partial charge is 0.466 e. The first kappa shape index (κ1) is 45.2. The van der Waals surface area contributed by atoms with Gasteiger partial charge in [0.05, 0.1) is 26.2 Å². The summed E-state index contributed by atoms with van der Waals surface area (Å²) in [5, 5.41) is 9.15. The highest BCUT2D eigenvalue weighted by atomic mass is 16.7. The van der Waals surface area contributed by atoms with Gasteiger partial charge in [-0.3, -0.25) is 4.79 Å². The number of ether oxygens (including phenoxy) is 4. The molecular formula is C40H73NO6. The molecule has 0 heterocycles. The predicted octanol–water partition coefficient (Wildman–Crippen LogP) is 9.22. The van der Waals surface area contributed by atoms with Gasteiger partial charge >= 0.3 is 5.97 Å². The zero-order chi connectivity index (χ0) is 35.3. The summed E-state index contributed by atoms with van der Waals surface area (Å²) >= 11 is 0. The van der Waals surface area contributed by atoms with Gasteiger partial charge in [-0.25, -0.2) is 0 Å². The number of aliphatic hydroxyl groups is 1. The molecule has 0 rings (SSSR count). The summed E-state index contributed by atoms with van der Waals surface area (Å²) < 4.78 is 23.3. The summed E-state index contributed by atoms with van der Waals surface area (Å²) in [4.78, 5) is 15.2. The highest BCUT2D eigenvalue weighted by Crippen LogP contribution is 2.23. The quantitative estimate of drug-likeness (QED) is 0.0318. The molecule has 2 atom stereocenters. The minimum atomic E-state index is -0.499. The second-order valence-electron chi connectivity index (χ2n) is 13.7. The first-order valence-electron chi connectivity index (χ1n) is 18.3. The second kappa shape index (κ2) is 30.3. The Labute approximate surface area is 289 Å². The maximum absolute atomic E-state index is 12.7. The van der Waals surface area contributed by atoms with Crippen LogP contribution in [0, 0.1) is 11.8 Å². The van der Waals surface area contributed by atoms with Crippen LogP contribution in [-0.2, 0) is 23.7 Å². The number of hydrogen-bond acceptors (Lipinski definition) is 7. The number of carbonyl (C=O) groups excluding carboxylic acids is 1. The molecule has 0 radical (unpaired) electrons. The molecule has 0 aromatic carbocycles. The van der Waals surface area contributed by atoms with E-state index >= 15 is 0 Å². The molecule has 0 aromatic rings. The van der Waals surface area contributed by atoms with Crippen molar-refractivity contribution in [2.24, 2.45) is 11.8 Å². The van der Waals surface area contributed by atoms with Crippen LogP contribution in [0.25, 0.3) is 0 Å². The van der Waals surface area contributed by atoms with Crippen LogP contribution in [0.5, 0.6) is 0 Å². The molecule has 0 aromatic heterocycles. The van der Waals surface area contributed by atoms with Crippen molar-refractivity contribution in [1.82, 2.24) is 4.90 Å². The van der Waals surface area contributed by atoms with Gasteiger partial charge in [0.25, 0.3) is 0 Å². The van der Waals surface area contributed by atoms with E-state index in [2.05, 4.69) is 31.2 Å². The molecule has 274 valence electrons. The Balaban J connectivity index is 4.70. The summed E-state index contributed by atoms with van der Waals surface area (Å²) in [6, 6.07) is 0. The Morgan fingerprint density at radius 3 is 1.57 bits per heavy atom. The lowest BCUT2D eigenvalue weighted by Gasteiger charge is -2.25. The Morgan fingerprint density at radius 1 is 0.638 bits per heavy atom. The van der Waals surface area contributed by atoms with E-state index in [0.717, 1.165) is 119 Å². The first-order valence-corrected chi connectivity index (χ1v) is 18.3. The molecule has 0 amide bonds. The molecule has 7 nitrogen and oxygen atoms in total. The highest BCUT2D eigenvalue weighted by molar-refractivity contribution is 5.69. The first-order chi connectivity index (χ1) is 22.5. The third-order valence-corrected chi connectivity index (χ3v) is 8.62. The number of carbonyl (C=O) groups is 1. The number of nitrogens with zero attached hydrogens (tertiary/aromatic N) is 1. The SMILES string of the molecule is C=C(C)CCC(COC(CCC(=O)OCCCCCCN(CCCCO)CCCCCOC)OCC(CCC(=C)C)C(=C)C)C(=C)C. The van der Waals surface area contributed by atoms with Gasteiger partial charge in [-0.15, -0.1) is 13.2 Å². The molecule has 0 aliphatic rings. The van der Waals surface area contributed by atoms with Crippen LogP contribution in [0.15, 0.2) is 48.6 Å². The molecule has 0 spiro atoms. The van der Waals surface area contributed by atoms with Gasteiger partial charge in [0.2, 0.25) is 0 Å². The minimum absolute atomic E-state index is 0.205. The van der Waals surface area contributed by atoms with Gasteiger partial charge in [0.1, 0.15) is 0 Å². The van der Waals surface area contributed by atoms with E-state index in [1.54, 1.807) is 7.11 Å². The van der Waals surface area contributed by atoms with Crippen LogP contribution in [0.1, 0.15) is 124 Å². The number of allylic oxidation sites excluding steroid dienone is 2. The Morgan fingerprint density at radius 2 is 1.11 bits per heavy atom. The van der Waals surface area contributed by atoms with Crippen molar-refractivity contribution < 1.29 is 28.8 Å². The summed E-state index contributed by atoms with van der Waals surface area (Å²) in [5.41, 5.74) is 4.46. The summed E-state index contributed by atoms with van der Waals surface area (Å²) in [5.74, 6) is 0.209. The lowest BCUT2D eigenvalue weighted by atomic mass is 9.95. The van der Waals surface area contributed by atoms with Crippen molar-refractivity contribution in [3.8, 4) is 0 Å². The predicted molar refractivity (Wildman–Crippen MR) is 198 cm³/mol. The van der Waals surface area contributed by atoms with E-state index < -0.39 is 6.29 Å². The van der Waals surface area contributed by atoms with Crippen LogP contribution in [0.2, 0.25) is 0 Å². The van der Waals surface area contributed by atoms with Crippen molar-refractivity contribution in [2.75, 3.05) is 59.8 Å². The zero-order valence-electron chi connectivity index (χ0n) is 31.3. The van der Waals surface area contributed by atoms with Crippen LogP contribution in [0.3, 0.4) is 0 Å². The number of rotatable bonds is 34. The number of hydrogen-bond donors (Lipinski definition) is 1. The maximum atomic E-state index is 12.7. The number of methoxy groups -OCH3 is 1. The summed E-state index contributed by atoms with van der Waals surface area (Å²) in [7, 11) is 1.75. The third-order valence-electron chi connectivity index (χ3n) is 8.62. The van der Waals surface area contributed by atoms with Gasteiger partial charge in [-0.2, -0.15) is 0 Å². The topological polar surface area (TPSA) is 77.5 Å². The molecule has 1 N–H and O–H groups in total. The van der Waals surface area contributed by atoms with Crippen molar-refractivity contribution in [3.05, 3.63) is 48.6 Å². The molecule has 0 aliphatic carbocycles.